The van der Waals surface area contributed by atoms with Crippen LogP contribution in [0.1, 0.15) is 65.2 Å². The Morgan fingerprint density at radius 2 is 1.78 bits per heavy atom. The zero-order valence-electron chi connectivity index (χ0n) is 12.2. The fraction of sp³-hybridized carbons (Fsp3) is 0.933. The zero-order chi connectivity index (χ0) is 13.2. The first-order chi connectivity index (χ1) is 8.49. The van der Waals surface area contributed by atoms with E-state index in [0.717, 1.165) is 32.2 Å². The Morgan fingerprint density at radius 1 is 1.11 bits per heavy atom. The summed E-state index contributed by atoms with van der Waals surface area (Å²) in [6, 6.07) is 0. The standard InChI is InChI=1S/C15H28N2O/c1-14(2)8-7-11-17(14)13(18)12-15(16-3)9-5-4-6-10-15/h16H,4-12H2,1-3H3. The third-order valence-electron chi connectivity index (χ3n) is 5.03. The van der Waals surface area contributed by atoms with E-state index in [1.165, 1.54) is 19.3 Å². The molecule has 104 valence electrons. The number of hydrogen-bond acceptors (Lipinski definition) is 2. The Kier molecular flexibility index (Phi) is 4.00. The van der Waals surface area contributed by atoms with Crippen LogP contribution in [0, 0.1) is 0 Å². The second-order valence-corrected chi connectivity index (χ2v) is 6.73. The van der Waals surface area contributed by atoms with Crippen LogP contribution < -0.4 is 5.32 Å². The van der Waals surface area contributed by atoms with Crippen LogP contribution in [0.4, 0.5) is 0 Å². The van der Waals surface area contributed by atoms with Gasteiger partial charge in [-0.1, -0.05) is 19.3 Å². The maximum absolute atomic E-state index is 12.6. The maximum atomic E-state index is 12.6. The van der Waals surface area contributed by atoms with Crippen LogP contribution in [-0.4, -0.2) is 35.5 Å². The first-order valence-electron chi connectivity index (χ1n) is 7.49. The minimum Gasteiger partial charge on any atom is -0.338 e. The van der Waals surface area contributed by atoms with Crippen LogP contribution in [0.5, 0.6) is 0 Å². The fourth-order valence-electron chi connectivity index (χ4n) is 3.70. The monoisotopic (exact) mass is 252 g/mol. The van der Waals surface area contributed by atoms with Gasteiger partial charge in [0.1, 0.15) is 0 Å². The molecule has 2 fully saturated rings. The Bertz CT molecular complexity index is 306. The van der Waals surface area contributed by atoms with Crippen LogP contribution in [0.15, 0.2) is 0 Å². The molecule has 1 heterocycles. The number of nitrogens with zero attached hydrogens (tertiary/aromatic N) is 1. The van der Waals surface area contributed by atoms with E-state index in [9.17, 15) is 4.79 Å². The average Bonchev–Trinajstić information content (AvgIpc) is 2.70. The largest absolute Gasteiger partial charge is 0.338 e. The lowest BCUT2D eigenvalue weighted by atomic mass is 9.79. The number of amides is 1. The molecule has 0 radical (unpaired) electrons. The second kappa shape index (κ2) is 5.20. The summed E-state index contributed by atoms with van der Waals surface area (Å²) < 4.78 is 0. The van der Waals surface area contributed by atoms with Gasteiger partial charge in [-0.3, -0.25) is 4.79 Å². The lowest BCUT2D eigenvalue weighted by Crippen LogP contribution is -2.51. The number of rotatable bonds is 3. The van der Waals surface area contributed by atoms with Crippen LogP contribution >= 0.6 is 0 Å². The van der Waals surface area contributed by atoms with Gasteiger partial charge in [-0.25, -0.2) is 0 Å². The molecule has 1 saturated carbocycles. The maximum Gasteiger partial charge on any atom is 0.224 e. The molecule has 3 heteroatoms. The van der Waals surface area contributed by atoms with Crippen molar-refractivity contribution in [2.24, 2.45) is 0 Å². The lowest BCUT2D eigenvalue weighted by Gasteiger charge is -2.40. The molecular formula is C15H28N2O. The van der Waals surface area contributed by atoms with Crippen molar-refractivity contribution in [2.45, 2.75) is 76.3 Å². The topological polar surface area (TPSA) is 32.3 Å². The molecule has 0 aromatic rings. The molecule has 2 aliphatic rings. The summed E-state index contributed by atoms with van der Waals surface area (Å²) in [5.74, 6) is 0.355. The molecule has 18 heavy (non-hydrogen) atoms. The summed E-state index contributed by atoms with van der Waals surface area (Å²) >= 11 is 0. The van der Waals surface area contributed by atoms with E-state index in [0.29, 0.717) is 12.3 Å². The van der Waals surface area contributed by atoms with Gasteiger partial charge >= 0.3 is 0 Å². The van der Waals surface area contributed by atoms with Gasteiger partial charge in [-0.2, -0.15) is 0 Å². The molecule has 1 aliphatic carbocycles. The highest BCUT2D eigenvalue weighted by Crippen LogP contribution is 2.34. The van der Waals surface area contributed by atoms with E-state index < -0.39 is 0 Å². The molecule has 0 bridgehead atoms. The van der Waals surface area contributed by atoms with E-state index in [-0.39, 0.29) is 11.1 Å². The molecule has 1 N–H and O–H groups in total. The van der Waals surface area contributed by atoms with Crippen molar-refractivity contribution in [3.8, 4) is 0 Å². The molecule has 0 aromatic carbocycles. The number of carbonyl (C=O) groups excluding carboxylic acids is 1. The quantitative estimate of drug-likeness (QED) is 0.837. The van der Waals surface area contributed by atoms with Gasteiger partial charge in [0.15, 0.2) is 0 Å². The van der Waals surface area contributed by atoms with E-state index >= 15 is 0 Å². The second-order valence-electron chi connectivity index (χ2n) is 6.73. The van der Waals surface area contributed by atoms with Gasteiger partial charge in [-0.15, -0.1) is 0 Å². The highest BCUT2D eigenvalue weighted by Gasteiger charge is 2.39. The van der Waals surface area contributed by atoms with Crippen molar-refractivity contribution in [1.29, 1.82) is 0 Å². The molecule has 0 atom stereocenters. The van der Waals surface area contributed by atoms with E-state index in [4.69, 9.17) is 0 Å². The van der Waals surface area contributed by atoms with Gasteiger partial charge in [0, 0.05) is 24.0 Å². The Labute approximate surface area is 111 Å². The molecule has 0 spiro atoms. The lowest BCUT2D eigenvalue weighted by molar-refractivity contribution is -0.136. The third-order valence-corrected chi connectivity index (χ3v) is 5.03. The summed E-state index contributed by atoms with van der Waals surface area (Å²) in [6.07, 6.45) is 9.15. The molecule has 0 aromatic heterocycles. The van der Waals surface area contributed by atoms with Gasteiger partial charge in [0.25, 0.3) is 0 Å². The average molecular weight is 252 g/mol. The minimum absolute atomic E-state index is 0.0701. The summed E-state index contributed by atoms with van der Waals surface area (Å²) in [7, 11) is 2.02. The van der Waals surface area contributed by atoms with Crippen LogP contribution in [0.3, 0.4) is 0 Å². The number of carbonyl (C=O) groups is 1. The first kappa shape index (κ1) is 13.9. The number of nitrogens with one attached hydrogen (secondary N) is 1. The first-order valence-corrected chi connectivity index (χ1v) is 7.49. The van der Waals surface area contributed by atoms with Crippen LogP contribution in [-0.2, 0) is 4.79 Å². The summed E-state index contributed by atoms with van der Waals surface area (Å²) in [5.41, 5.74) is 0.148. The molecule has 2 rings (SSSR count). The zero-order valence-corrected chi connectivity index (χ0v) is 12.2. The Balaban J connectivity index is 2.01. The van der Waals surface area contributed by atoms with E-state index in [1.807, 2.05) is 7.05 Å². The van der Waals surface area contributed by atoms with Crippen molar-refractivity contribution in [3.63, 3.8) is 0 Å². The van der Waals surface area contributed by atoms with Gasteiger partial charge in [-0.05, 0) is 46.6 Å². The molecular weight excluding hydrogens is 224 g/mol. The van der Waals surface area contributed by atoms with Gasteiger partial charge in [0.2, 0.25) is 5.91 Å². The van der Waals surface area contributed by atoms with Crippen molar-refractivity contribution in [1.82, 2.24) is 10.2 Å². The summed E-state index contributed by atoms with van der Waals surface area (Å²) in [5, 5.41) is 3.45. The van der Waals surface area contributed by atoms with E-state index in [2.05, 4.69) is 24.1 Å². The number of hydrogen-bond donors (Lipinski definition) is 1. The molecule has 1 aliphatic heterocycles. The van der Waals surface area contributed by atoms with Gasteiger partial charge in [0.05, 0.1) is 0 Å². The molecule has 3 nitrogen and oxygen atoms in total. The van der Waals surface area contributed by atoms with Crippen molar-refractivity contribution >= 4 is 5.91 Å². The molecule has 1 amide bonds. The smallest absolute Gasteiger partial charge is 0.224 e. The number of likely N-dealkylation sites (tertiary alicyclic amines) is 1. The molecule has 1 saturated heterocycles. The van der Waals surface area contributed by atoms with E-state index in [1.54, 1.807) is 0 Å². The van der Waals surface area contributed by atoms with Crippen LogP contribution in [0.25, 0.3) is 0 Å². The Morgan fingerprint density at radius 3 is 2.28 bits per heavy atom. The third kappa shape index (κ3) is 2.71. The normalized spacial score (nSPS) is 26.3. The predicted molar refractivity (Wildman–Crippen MR) is 74.5 cm³/mol. The fourth-order valence-corrected chi connectivity index (χ4v) is 3.70. The Hall–Kier alpha value is -0.570. The van der Waals surface area contributed by atoms with Crippen molar-refractivity contribution in [3.05, 3.63) is 0 Å². The van der Waals surface area contributed by atoms with Crippen LogP contribution in [0.2, 0.25) is 0 Å². The minimum atomic E-state index is 0.0701. The highest BCUT2D eigenvalue weighted by molar-refractivity contribution is 5.78. The summed E-state index contributed by atoms with van der Waals surface area (Å²) in [4.78, 5) is 14.7. The van der Waals surface area contributed by atoms with Crippen molar-refractivity contribution in [2.75, 3.05) is 13.6 Å². The summed E-state index contributed by atoms with van der Waals surface area (Å²) in [6.45, 7) is 5.35. The van der Waals surface area contributed by atoms with Gasteiger partial charge < -0.3 is 10.2 Å². The molecule has 0 unspecified atom stereocenters. The highest BCUT2D eigenvalue weighted by atomic mass is 16.2. The predicted octanol–water partition coefficient (Wildman–Crippen LogP) is 2.70. The SMILES string of the molecule is CNC1(CC(=O)N2CCCC2(C)C)CCCCC1. The van der Waals surface area contributed by atoms with Crippen molar-refractivity contribution < 1.29 is 4.79 Å².